The predicted molar refractivity (Wildman–Crippen MR) is 171 cm³/mol. The number of halogens is 3. The first kappa shape index (κ1) is 27.9. The van der Waals surface area contributed by atoms with Gasteiger partial charge < -0.3 is 4.42 Å². The largest absolute Gasteiger partial charge is 0.456 e. The van der Waals surface area contributed by atoms with Crippen LogP contribution in [-0.4, -0.2) is 24.7 Å². The summed E-state index contributed by atoms with van der Waals surface area (Å²) in [5.41, 5.74) is 4.86. The second-order valence-electron chi connectivity index (χ2n) is 13.2. The molecule has 0 amide bonds. The Morgan fingerprint density at radius 2 is 1.71 bits per heavy atom. The standard InChI is InChI=1S/C37H30F3N7O/c1-4-9-21-11-12-22-23-19-25-24(20-30(23)48-29(22)18-21)27-14-13-26-31(42-16-15-41-26)46(27)36(25)34(5-2)35(36,6-3)47-32(28-10-7-8-17-45(28)34)43-33(44-47)37(38,39)40/h7-8,10-20H,4-6,9H2,1-3H3/q+2. The maximum absolute atomic E-state index is 14.4. The molecule has 7 heterocycles. The van der Waals surface area contributed by atoms with Crippen molar-refractivity contribution in [2.45, 2.75) is 69.2 Å². The van der Waals surface area contributed by atoms with Gasteiger partial charge in [0.1, 0.15) is 16.9 Å². The molecule has 0 N–H and O–H groups in total. The predicted octanol–water partition coefficient (Wildman–Crippen LogP) is 7.00. The lowest BCUT2D eigenvalue weighted by Gasteiger charge is -2.24. The maximum Gasteiger partial charge on any atom is 0.453 e. The zero-order chi connectivity index (χ0) is 32.8. The number of hydrogen-bond donors (Lipinski definition) is 0. The fraction of sp³-hybridized carbons (Fsp3) is 0.297. The lowest BCUT2D eigenvalue weighted by atomic mass is 9.92. The number of furan rings is 1. The average Bonchev–Trinajstić information content (AvgIpc) is 3.48. The first-order valence-corrected chi connectivity index (χ1v) is 16.5. The highest BCUT2D eigenvalue weighted by molar-refractivity contribution is 6.07. The number of fused-ring (bicyclic) bond motifs is 18. The molecule has 3 aliphatic rings. The minimum Gasteiger partial charge on any atom is -0.456 e. The lowest BCUT2D eigenvalue weighted by Crippen LogP contribution is -2.61. The average molecular weight is 646 g/mol. The molecule has 2 aliphatic heterocycles. The third-order valence-corrected chi connectivity index (χ3v) is 11.3. The summed E-state index contributed by atoms with van der Waals surface area (Å²) in [7, 11) is 0. The summed E-state index contributed by atoms with van der Waals surface area (Å²) in [6.45, 7) is 6.32. The molecular weight excluding hydrogens is 615 g/mol. The Morgan fingerprint density at radius 3 is 2.50 bits per heavy atom. The number of benzene rings is 2. The van der Waals surface area contributed by atoms with Crippen molar-refractivity contribution in [2.75, 3.05) is 0 Å². The number of aromatic nitrogens is 7. The highest BCUT2D eigenvalue weighted by Gasteiger charge is 3.02. The smallest absolute Gasteiger partial charge is 0.453 e. The molecule has 3 unspecified atom stereocenters. The summed E-state index contributed by atoms with van der Waals surface area (Å²) in [6, 6.07) is 20.3. The van der Waals surface area contributed by atoms with Crippen LogP contribution in [0.5, 0.6) is 0 Å². The Hall–Kier alpha value is -5.19. The van der Waals surface area contributed by atoms with Gasteiger partial charge in [-0.25, -0.2) is 14.2 Å². The second kappa shape index (κ2) is 8.83. The first-order chi connectivity index (χ1) is 23.3. The van der Waals surface area contributed by atoms with Gasteiger partial charge in [0.15, 0.2) is 23.4 Å². The van der Waals surface area contributed by atoms with Crippen LogP contribution in [0.15, 0.2) is 83.7 Å². The molecule has 0 saturated heterocycles. The third kappa shape index (κ3) is 2.84. The highest BCUT2D eigenvalue weighted by atomic mass is 19.4. The Kier molecular flexibility index (Phi) is 5.13. The highest BCUT2D eigenvalue weighted by Crippen LogP contribution is 2.78. The molecule has 48 heavy (non-hydrogen) atoms. The second-order valence-corrected chi connectivity index (χ2v) is 13.2. The van der Waals surface area contributed by atoms with Crippen molar-refractivity contribution < 1.29 is 26.7 Å². The van der Waals surface area contributed by atoms with E-state index in [2.05, 4.69) is 74.4 Å². The summed E-state index contributed by atoms with van der Waals surface area (Å²) in [5, 5.41) is 6.32. The van der Waals surface area contributed by atoms with Crippen molar-refractivity contribution in [1.29, 1.82) is 0 Å². The Labute approximate surface area is 272 Å². The topological polar surface area (TPSA) is 77.4 Å². The summed E-state index contributed by atoms with van der Waals surface area (Å²) < 4.78 is 55.8. The molecule has 1 saturated carbocycles. The maximum atomic E-state index is 14.4. The lowest BCUT2D eigenvalue weighted by molar-refractivity contribution is -0.791. The van der Waals surface area contributed by atoms with E-state index < -0.39 is 28.6 Å². The van der Waals surface area contributed by atoms with Crippen LogP contribution in [0.3, 0.4) is 0 Å². The van der Waals surface area contributed by atoms with Gasteiger partial charge in [-0.15, -0.1) is 5.10 Å². The van der Waals surface area contributed by atoms with Crippen LogP contribution in [0.25, 0.3) is 55.9 Å². The molecule has 238 valence electrons. The molecule has 1 fully saturated rings. The summed E-state index contributed by atoms with van der Waals surface area (Å²) in [4.78, 5) is 13.8. The van der Waals surface area contributed by atoms with Gasteiger partial charge in [0.25, 0.3) is 11.5 Å². The summed E-state index contributed by atoms with van der Waals surface area (Å²) in [6.07, 6.45) is 3.66. The van der Waals surface area contributed by atoms with Crippen molar-refractivity contribution >= 4 is 33.1 Å². The van der Waals surface area contributed by atoms with E-state index in [1.807, 2.05) is 37.4 Å². The summed E-state index contributed by atoms with van der Waals surface area (Å²) in [5.74, 6) is -0.944. The zero-order valence-corrected chi connectivity index (χ0v) is 26.5. The van der Waals surface area contributed by atoms with Gasteiger partial charge in [0, 0.05) is 40.5 Å². The SMILES string of the molecule is CCCc1ccc2c(c1)oc1cc3c(cc12)C1([n+]2c-3ccc3nccnc32)C2(CC)n3nc(C(F)(F)F)nc3-c3cccc[n+]3C21CC. The minimum absolute atomic E-state index is 0.200. The molecule has 10 rings (SSSR count). The number of aryl methyl sites for hydroxylation is 1. The number of nitrogens with zero attached hydrogens (tertiary/aromatic N) is 7. The zero-order valence-electron chi connectivity index (χ0n) is 26.5. The molecule has 1 aliphatic carbocycles. The van der Waals surface area contributed by atoms with Gasteiger partial charge in [-0.05, 0) is 59.8 Å². The number of alkyl halides is 3. The van der Waals surface area contributed by atoms with Crippen LogP contribution in [0.1, 0.15) is 57.0 Å². The Balaban J connectivity index is 1.40. The molecule has 1 spiro atoms. The van der Waals surface area contributed by atoms with E-state index in [-0.39, 0.29) is 5.82 Å². The van der Waals surface area contributed by atoms with Crippen LogP contribution in [-0.2, 0) is 29.2 Å². The molecule has 11 heteroatoms. The molecule has 3 atom stereocenters. The van der Waals surface area contributed by atoms with Crippen molar-refractivity contribution in [3.8, 4) is 22.8 Å². The Bertz CT molecular complexity index is 2540. The van der Waals surface area contributed by atoms with Crippen molar-refractivity contribution in [3.05, 3.63) is 96.2 Å². The van der Waals surface area contributed by atoms with E-state index >= 15 is 0 Å². The van der Waals surface area contributed by atoms with Crippen molar-refractivity contribution in [2.24, 2.45) is 0 Å². The quantitative estimate of drug-likeness (QED) is 0.193. The van der Waals surface area contributed by atoms with E-state index in [0.29, 0.717) is 29.7 Å². The first-order valence-electron chi connectivity index (χ1n) is 16.5. The molecule has 0 radical (unpaired) electrons. The van der Waals surface area contributed by atoms with Gasteiger partial charge >= 0.3 is 11.8 Å². The van der Waals surface area contributed by atoms with E-state index in [9.17, 15) is 13.2 Å². The minimum atomic E-state index is -4.72. The monoisotopic (exact) mass is 645 g/mol. The van der Waals surface area contributed by atoms with Gasteiger partial charge in [0.2, 0.25) is 16.9 Å². The van der Waals surface area contributed by atoms with E-state index in [4.69, 9.17) is 9.40 Å². The van der Waals surface area contributed by atoms with Gasteiger partial charge in [-0.2, -0.15) is 22.7 Å². The van der Waals surface area contributed by atoms with E-state index in [0.717, 1.165) is 51.6 Å². The number of hydrogen-bond acceptors (Lipinski definition) is 5. The molecule has 5 aromatic heterocycles. The van der Waals surface area contributed by atoms with E-state index in [1.54, 1.807) is 17.1 Å². The van der Waals surface area contributed by atoms with Crippen LogP contribution in [0.4, 0.5) is 13.2 Å². The third-order valence-electron chi connectivity index (χ3n) is 11.3. The fourth-order valence-electron chi connectivity index (χ4n) is 9.87. The fourth-order valence-corrected chi connectivity index (χ4v) is 9.87. The van der Waals surface area contributed by atoms with Crippen molar-refractivity contribution in [1.82, 2.24) is 24.7 Å². The number of rotatable bonds is 4. The van der Waals surface area contributed by atoms with Crippen LogP contribution in [0.2, 0.25) is 0 Å². The van der Waals surface area contributed by atoms with Crippen molar-refractivity contribution in [3.63, 3.8) is 0 Å². The summed E-state index contributed by atoms with van der Waals surface area (Å²) >= 11 is 0. The van der Waals surface area contributed by atoms with Crippen LogP contribution < -0.4 is 9.13 Å². The van der Waals surface area contributed by atoms with Gasteiger partial charge in [0.05, 0.1) is 6.20 Å². The molecule has 7 aromatic rings. The van der Waals surface area contributed by atoms with E-state index in [1.165, 1.54) is 5.56 Å². The Morgan fingerprint density at radius 1 is 0.875 bits per heavy atom. The van der Waals surface area contributed by atoms with Gasteiger partial charge in [-0.1, -0.05) is 39.3 Å². The normalized spacial score (nSPS) is 23.4. The molecule has 0 bridgehead atoms. The molecule has 2 aromatic carbocycles. The van der Waals surface area contributed by atoms with Crippen LogP contribution >= 0.6 is 0 Å². The van der Waals surface area contributed by atoms with Crippen LogP contribution in [0, 0.1) is 0 Å². The molecule has 8 nitrogen and oxygen atoms in total. The molecular formula is C37H30F3N7O+2. The number of pyridine rings is 2. The van der Waals surface area contributed by atoms with Gasteiger partial charge in [-0.3, -0.25) is 0 Å².